The summed E-state index contributed by atoms with van der Waals surface area (Å²) in [6.45, 7) is 4.86. The Bertz CT molecular complexity index is 1350. The van der Waals surface area contributed by atoms with E-state index in [0.717, 1.165) is 46.4 Å². The highest BCUT2D eigenvalue weighted by atomic mass is 19.1. The number of urea groups is 1. The number of nitrogens with one attached hydrogen (secondary N) is 1. The zero-order chi connectivity index (χ0) is 23.7. The number of amides is 2. The van der Waals surface area contributed by atoms with Gasteiger partial charge in [0.25, 0.3) is 0 Å². The summed E-state index contributed by atoms with van der Waals surface area (Å²) in [6.07, 6.45) is 3.23. The topological polar surface area (TPSA) is 87.1 Å². The summed E-state index contributed by atoms with van der Waals surface area (Å²) in [5.41, 5.74) is 4.66. The minimum Gasteiger partial charge on any atom is -0.322 e. The summed E-state index contributed by atoms with van der Waals surface area (Å²) in [7, 11) is 2.03. The Hall–Kier alpha value is -3.98. The van der Waals surface area contributed by atoms with Gasteiger partial charge in [0.1, 0.15) is 12.1 Å². The number of piperazine rings is 1. The molecule has 5 rings (SSSR count). The van der Waals surface area contributed by atoms with E-state index in [9.17, 15) is 9.18 Å². The van der Waals surface area contributed by atoms with Gasteiger partial charge in [0.2, 0.25) is 5.95 Å². The van der Waals surface area contributed by atoms with Gasteiger partial charge in [-0.3, -0.25) is 5.32 Å². The van der Waals surface area contributed by atoms with Gasteiger partial charge in [0.05, 0.1) is 11.2 Å². The molecule has 0 aliphatic carbocycles. The third-order valence-corrected chi connectivity index (χ3v) is 6.06. The molecule has 2 aromatic carbocycles. The van der Waals surface area contributed by atoms with Crippen molar-refractivity contribution in [1.29, 1.82) is 0 Å². The zero-order valence-electron chi connectivity index (χ0n) is 19.0. The number of carbonyl (C=O) groups excluding carboxylic acids is 1. The molecule has 9 heteroatoms. The van der Waals surface area contributed by atoms with Crippen LogP contribution in [-0.4, -0.2) is 69.0 Å². The van der Waals surface area contributed by atoms with Gasteiger partial charge in [-0.2, -0.15) is 0 Å². The largest absolute Gasteiger partial charge is 0.324 e. The van der Waals surface area contributed by atoms with Crippen molar-refractivity contribution in [3.05, 3.63) is 66.5 Å². The number of benzene rings is 2. The van der Waals surface area contributed by atoms with E-state index < -0.39 is 0 Å². The number of anilines is 1. The lowest BCUT2D eigenvalue weighted by Crippen LogP contribution is -2.48. The van der Waals surface area contributed by atoms with Crippen molar-refractivity contribution in [3.63, 3.8) is 0 Å². The molecule has 1 saturated heterocycles. The van der Waals surface area contributed by atoms with Crippen LogP contribution < -0.4 is 5.32 Å². The summed E-state index contributed by atoms with van der Waals surface area (Å²) >= 11 is 0. The molecule has 1 N–H and O–H groups in total. The number of carbonyl (C=O) groups is 1. The second-order valence-electron chi connectivity index (χ2n) is 8.37. The minimum atomic E-state index is -0.332. The average Bonchev–Trinajstić information content (AvgIpc) is 2.85. The second-order valence-corrected chi connectivity index (χ2v) is 8.37. The van der Waals surface area contributed by atoms with E-state index in [4.69, 9.17) is 0 Å². The van der Waals surface area contributed by atoms with Crippen LogP contribution >= 0.6 is 0 Å². The Morgan fingerprint density at radius 1 is 0.971 bits per heavy atom. The highest BCUT2D eigenvalue weighted by Crippen LogP contribution is 2.33. The number of hydrogen-bond acceptors (Lipinski definition) is 6. The molecule has 8 nitrogen and oxygen atoms in total. The molecule has 3 heterocycles. The van der Waals surface area contributed by atoms with Crippen molar-refractivity contribution in [2.75, 3.05) is 38.5 Å². The Balaban J connectivity index is 1.53. The number of aryl methyl sites for hydroxylation is 1. The first-order valence-corrected chi connectivity index (χ1v) is 11.1. The standard InChI is InChI=1S/C25H24FN7O/c1-16-20-13-18(5-8-22(20)29-15-28-16)21-14-27-24(30-23(21)17-3-6-19(26)7-4-17)31-25(34)33-11-9-32(2)10-12-33/h3-8,13-15H,9-12H2,1-2H3,(H,27,30,31,34). The van der Waals surface area contributed by atoms with Crippen molar-refractivity contribution in [3.8, 4) is 22.4 Å². The molecular formula is C25H24FN7O. The molecule has 1 fully saturated rings. The Morgan fingerprint density at radius 3 is 2.47 bits per heavy atom. The number of rotatable bonds is 3. The lowest BCUT2D eigenvalue weighted by atomic mass is 9.99. The first-order chi connectivity index (χ1) is 16.5. The zero-order valence-corrected chi connectivity index (χ0v) is 19.0. The molecular weight excluding hydrogens is 433 g/mol. The molecule has 4 aromatic rings. The van der Waals surface area contributed by atoms with E-state index in [1.165, 1.54) is 12.1 Å². The van der Waals surface area contributed by atoms with E-state index in [1.54, 1.807) is 29.6 Å². The number of halogens is 1. The van der Waals surface area contributed by atoms with Crippen molar-refractivity contribution in [2.45, 2.75) is 6.92 Å². The molecule has 2 amide bonds. The Labute approximate surface area is 196 Å². The van der Waals surface area contributed by atoms with Gasteiger partial charge in [-0.1, -0.05) is 6.07 Å². The van der Waals surface area contributed by atoms with E-state index in [-0.39, 0.29) is 17.8 Å². The van der Waals surface area contributed by atoms with Gasteiger partial charge in [-0.15, -0.1) is 0 Å². The lowest BCUT2D eigenvalue weighted by molar-refractivity contribution is 0.164. The van der Waals surface area contributed by atoms with E-state index in [2.05, 4.69) is 30.2 Å². The van der Waals surface area contributed by atoms with Gasteiger partial charge in [0.15, 0.2) is 0 Å². The average molecular weight is 458 g/mol. The molecule has 0 radical (unpaired) electrons. The van der Waals surface area contributed by atoms with Gasteiger partial charge in [-0.25, -0.2) is 29.1 Å². The van der Waals surface area contributed by atoms with Gasteiger partial charge in [-0.05, 0) is 55.9 Å². The summed E-state index contributed by atoms with van der Waals surface area (Å²) in [5.74, 6) is -0.131. The molecule has 2 aromatic heterocycles. The summed E-state index contributed by atoms with van der Waals surface area (Å²) in [6, 6.07) is 11.8. The maximum atomic E-state index is 13.6. The van der Waals surface area contributed by atoms with Crippen LogP contribution in [0.3, 0.4) is 0 Å². The number of hydrogen-bond donors (Lipinski definition) is 1. The van der Waals surface area contributed by atoms with Crippen LogP contribution in [-0.2, 0) is 0 Å². The Morgan fingerprint density at radius 2 is 1.71 bits per heavy atom. The molecule has 0 bridgehead atoms. The summed E-state index contributed by atoms with van der Waals surface area (Å²) in [5, 5.41) is 3.75. The summed E-state index contributed by atoms with van der Waals surface area (Å²) < 4.78 is 13.6. The normalized spacial score (nSPS) is 14.4. The van der Waals surface area contributed by atoms with E-state index >= 15 is 0 Å². The van der Waals surface area contributed by atoms with Crippen molar-refractivity contribution in [1.82, 2.24) is 29.7 Å². The SMILES string of the molecule is Cc1ncnc2ccc(-c3cnc(NC(=O)N4CCN(C)CC4)nc3-c3ccc(F)cc3)cc12. The lowest BCUT2D eigenvalue weighted by Gasteiger charge is -2.32. The molecule has 0 saturated carbocycles. The predicted molar refractivity (Wildman–Crippen MR) is 129 cm³/mol. The predicted octanol–water partition coefficient (Wildman–Crippen LogP) is 3.98. The fourth-order valence-corrected chi connectivity index (χ4v) is 4.02. The first-order valence-electron chi connectivity index (χ1n) is 11.1. The minimum absolute atomic E-state index is 0.201. The highest BCUT2D eigenvalue weighted by Gasteiger charge is 2.21. The molecule has 34 heavy (non-hydrogen) atoms. The first kappa shape index (κ1) is 21.8. The number of fused-ring (bicyclic) bond motifs is 1. The maximum Gasteiger partial charge on any atom is 0.324 e. The number of nitrogens with zero attached hydrogens (tertiary/aromatic N) is 6. The molecule has 0 spiro atoms. The van der Waals surface area contributed by atoms with Crippen molar-refractivity contribution < 1.29 is 9.18 Å². The molecule has 172 valence electrons. The van der Waals surface area contributed by atoms with Crippen LogP contribution in [0.15, 0.2) is 55.0 Å². The quantitative estimate of drug-likeness (QED) is 0.501. The van der Waals surface area contributed by atoms with Gasteiger partial charge < -0.3 is 9.80 Å². The van der Waals surface area contributed by atoms with E-state index in [0.29, 0.717) is 18.8 Å². The van der Waals surface area contributed by atoms with Crippen LogP contribution in [0.5, 0.6) is 0 Å². The van der Waals surface area contributed by atoms with Gasteiger partial charge in [0, 0.05) is 54.6 Å². The molecule has 0 unspecified atom stereocenters. The monoisotopic (exact) mass is 457 g/mol. The second kappa shape index (κ2) is 9.11. The third kappa shape index (κ3) is 4.42. The van der Waals surface area contributed by atoms with Crippen LogP contribution in [0.2, 0.25) is 0 Å². The summed E-state index contributed by atoms with van der Waals surface area (Å²) in [4.78, 5) is 34.4. The van der Waals surface area contributed by atoms with Crippen LogP contribution in [0.4, 0.5) is 15.1 Å². The third-order valence-electron chi connectivity index (χ3n) is 6.06. The van der Waals surface area contributed by atoms with Crippen LogP contribution in [0.25, 0.3) is 33.3 Å². The number of aromatic nitrogens is 4. The fourth-order valence-electron chi connectivity index (χ4n) is 4.02. The smallest absolute Gasteiger partial charge is 0.322 e. The van der Waals surface area contributed by atoms with Crippen molar-refractivity contribution >= 4 is 22.9 Å². The molecule has 0 atom stereocenters. The molecule has 1 aliphatic rings. The van der Waals surface area contributed by atoms with Crippen molar-refractivity contribution in [2.24, 2.45) is 0 Å². The van der Waals surface area contributed by atoms with Crippen LogP contribution in [0, 0.1) is 12.7 Å². The fraction of sp³-hybridized carbons (Fsp3) is 0.240. The van der Waals surface area contributed by atoms with E-state index in [1.807, 2.05) is 32.2 Å². The number of likely N-dealkylation sites (N-methyl/N-ethyl adjacent to an activating group) is 1. The van der Waals surface area contributed by atoms with Gasteiger partial charge >= 0.3 is 6.03 Å². The maximum absolute atomic E-state index is 13.6. The molecule has 1 aliphatic heterocycles. The Kier molecular flexibility index (Phi) is 5.85. The highest BCUT2D eigenvalue weighted by molar-refractivity contribution is 5.91. The van der Waals surface area contributed by atoms with Crippen LogP contribution in [0.1, 0.15) is 5.69 Å².